The minimum absolute atomic E-state index is 0.0144. The molecule has 0 aliphatic heterocycles. The number of aliphatic hydroxyl groups excluding tert-OH is 1. The maximum Gasteiger partial charge on any atom is 0.237 e. The van der Waals surface area contributed by atoms with Gasteiger partial charge in [-0.2, -0.15) is 0 Å². The van der Waals surface area contributed by atoms with E-state index >= 15 is 0 Å². The Balaban J connectivity index is 2.55. The number of aliphatic hydroxyl groups is 1. The Morgan fingerprint density at radius 3 is 2.47 bits per heavy atom. The van der Waals surface area contributed by atoms with Gasteiger partial charge in [-0.1, -0.05) is 12.1 Å². The van der Waals surface area contributed by atoms with Gasteiger partial charge in [-0.3, -0.25) is 4.79 Å². The number of benzene rings is 1. The van der Waals surface area contributed by atoms with E-state index in [4.69, 9.17) is 10.8 Å². The molecule has 0 spiro atoms. The highest BCUT2D eigenvalue weighted by molar-refractivity contribution is 5.82. The van der Waals surface area contributed by atoms with Gasteiger partial charge in [0.05, 0.1) is 6.04 Å². The van der Waals surface area contributed by atoms with Crippen LogP contribution in [0.2, 0.25) is 0 Å². The second-order valence-corrected chi connectivity index (χ2v) is 5.32. The van der Waals surface area contributed by atoms with Crippen molar-refractivity contribution < 1.29 is 15.0 Å². The number of phenols is 1. The van der Waals surface area contributed by atoms with Crippen LogP contribution in [0.15, 0.2) is 24.3 Å². The molecule has 0 aliphatic carbocycles. The van der Waals surface area contributed by atoms with Crippen LogP contribution >= 0.6 is 0 Å². The zero-order chi connectivity index (χ0) is 14.5. The minimum atomic E-state index is -0.650. The highest BCUT2D eigenvalue weighted by Crippen LogP contribution is 2.12. The van der Waals surface area contributed by atoms with Gasteiger partial charge in [-0.05, 0) is 44.4 Å². The molecule has 0 radical (unpaired) electrons. The maximum atomic E-state index is 11.9. The van der Waals surface area contributed by atoms with Crippen molar-refractivity contribution in [3.05, 3.63) is 29.8 Å². The van der Waals surface area contributed by atoms with Gasteiger partial charge in [-0.25, -0.2) is 0 Å². The van der Waals surface area contributed by atoms with Crippen LogP contribution in [0.4, 0.5) is 0 Å². The average molecular weight is 266 g/mol. The quantitative estimate of drug-likeness (QED) is 0.604. The molecule has 1 aromatic rings. The Labute approximate surface area is 113 Å². The van der Waals surface area contributed by atoms with Gasteiger partial charge in [0.15, 0.2) is 0 Å². The van der Waals surface area contributed by atoms with E-state index in [1.165, 1.54) is 0 Å². The predicted octanol–water partition coefficient (Wildman–Crippen LogP) is 0.539. The lowest BCUT2D eigenvalue weighted by atomic mass is 9.99. The van der Waals surface area contributed by atoms with E-state index in [1.807, 2.05) is 13.8 Å². The molecule has 1 atom stereocenters. The molecule has 0 saturated carbocycles. The third kappa shape index (κ3) is 5.28. The summed E-state index contributed by atoms with van der Waals surface area (Å²) in [5, 5.41) is 20.9. The van der Waals surface area contributed by atoms with Crippen LogP contribution in [-0.2, 0) is 11.2 Å². The molecule has 1 aromatic carbocycles. The van der Waals surface area contributed by atoms with Gasteiger partial charge < -0.3 is 21.3 Å². The molecule has 5 N–H and O–H groups in total. The van der Waals surface area contributed by atoms with E-state index in [0.717, 1.165) is 5.56 Å². The Hall–Kier alpha value is -1.59. The number of rotatable bonds is 6. The number of carbonyl (C=O) groups is 1. The lowest BCUT2D eigenvalue weighted by molar-refractivity contribution is -0.124. The third-order valence-corrected chi connectivity index (χ3v) is 2.93. The third-order valence-electron chi connectivity index (χ3n) is 2.93. The predicted molar refractivity (Wildman–Crippen MR) is 73.7 cm³/mol. The highest BCUT2D eigenvalue weighted by atomic mass is 16.3. The van der Waals surface area contributed by atoms with Crippen LogP contribution in [0, 0.1) is 0 Å². The summed E-state index contributed by atoms with van der Waals surface area (Å²) in [5.74, 6) is -0.0580. The Morgan fingerprint density at radius 2 is 1.95 bits per heavy atom. The fourth-order valence-electron chi connectivity index (χ4n) is 1.75. The Bertz CT molecular complexity index is 415. The van der Waals surface area contributed by atoms with Crippen molar-refractivity contribution in [3.8, 4) is 5.75 Å². The van der Waals surface area contributed by atoms with Gasteiger partial charge in [0.25, 0.3) is 0 Å². The Kier molecular flexibility index (Phi) is 5.32. The molecule has 0 saturated heterocycles. The second-order valence-electron chi connectivity index (χ2n) is 5.32. The number of carbonyl (C=O) groups excluding carboxylic acids is 1. The van der Waals surface area contributed by atoms with E-state index < -0.39 is 11.6 Å². The first-order chi connectivity index (χ1) is 8.84. The molecule has 0 fully saturated rings. The van der Waals surface area contributed by atoms with E-state index in [9.17, 15) is 9.90 Å². The van der Waals surface area contributed by atoms with E-state index in [-0.39, 0.29) is 18.3 Å². The molecular weight excluding hydrogens is 244 g/mol. The lowest BCUT2D eigenvalue weighted by Crippen LogP contribution is -2.51. The fraction of sp³-hybridized carbons (Fsp3) is 0.500. The summed E-state index contributed by atoms with van der Waals surface area (Å²) in [6, 6.07) is 5.95. The van der Waals surface area contributed by atoms with Crippen LogP contribution < -0.4 is 11.1 Å². The van der Waals surface area contributed by atoms with Crippen molar-refractivity contribution in [2.24, 2.45) is 5.73 Å². The number of nitrogens with one attached hydrogen (secondary N) is 1. The van der Waals surface area contributed by atoms with E-state index in [2.05, 4.69) is 5.32 Å². The van der Waals surface area contributed by atoms with Crippen molar-refractivity contribution in [2.75, 3.05) is 6.61 Å². The van der Waals surface area contributed by atoms with Crippen molar-refractivity contribution in [2.45, 2.75) is 38.3 Å². The van der Waals surface area contributed by atoms with Crippen LogP contribution in [0.5, 0.6) is 5.75 Å². The smallest absolute Gasteiger partial charge is 0.237 e. The maximum absolute atomic E-state index is 11.9. The standard InChI is InChI=1S/C14H22N2O3/c1-14(2,7-8-17)16-13(19)12(15)9-10-3-5-11(18)6-4-10/h3-6,12,17-18H,7-9,15H2,1-2H3,(H,16,19)/t12-/m0/s1. The molecule has 0 bridgehead atoms. The normalized spacial score (nSPS) is 13.1. The monoisotopic (exact) mass is 266 g/mol. The molecule has 1 amide bonds. The molecule has 5 nitrogen and oxygen atoms in total. The topological polar surface area (TPSA) is 95.6 Å². The average Bonchev–Trinajstić information content (AvgIpc) is 2.31. The number of amides is 1. The fourth-order valence-corrected chi connectivity index (χ4v) is 1.75. The van der Waals surface area contributed by atoms with Crippen LogP contribution in [0.1, 0.15) is 25.8 Å². The molecule has 0 heterocycles. The first-order valence-electron chi connectivity index (χ1n) is 6.30. The first-order valence-corrected chi connectivity index (χ1v) is 6.30. The number of phenolic OH excluding ortho intramolecular Hbond substituents is 1. The minimum Gasteiger partial charge on any atom is -0.508 e. The zero-order valence-corrected chi connectivity index (χ0v) is 11.4. The van der Waals surface area contributed by atoms with E-state index in [1.54, 1.807) is 24.3 Å². The van der Waals surface area contributed by atoms with Gasteiger partial charge in [-0.15, -0.1) is 0 Å². The molecule has 1 rings (SSSR count). The van der Waals surface area contributed by atoms with Crippen molar-refractivity contribution in [1.82, 2.24) is 5.32 Å². The molecular formula is C14H22N2O3. The number of hydrogen-bond donors (Lipinski definition) is 4. The van der Waals surface area contributed by atoms with Gasteiger partial charge in [0.2, 0.25) is 5.91 Å². The Morgan fingerprint density at radius 1 is 1.37 bits per heavy atom. The van der Waals surface area contributed by atoms with Crippen LogP contribution in [0.3, 0.4) is 0 Å². The molecule has 5 heteroatoms. The lowest BCUT2D eigenvalue weighted by Gasteiger charge is -2.27. The summed E-state index contributed by atoms with van der Waals surface area (Å²) >= 11 is 0. The summed E-state index contributed by atoms with van der Waals surface area (Å²) in [7, 11) is 0. The zero-order valence-electron chi connectivity index (χ0n) is 11.4. The highest BCUT2D eigenvalue weighted by Gasteiger charge is 2.23. The largest absolute Gasteiger partial charge is 0.508 e. The molecule has 106 valence electrons. The van der Waals surface area contributed by atoms with Gasteiger partial charge in [0.1, 0.15) is 5.75 Å². The SMILES string of the molecule is CC(C)(CCO)NC(=O)[C@@H](N)Cc1ccc(O)cc1. The number of nitrogens with two attached hydrogens (primary N) is 1. The summed E-state index contributed by atoms with van der Waals surface area (Å²) in [6.45, 7) is 3.70. The van der Waals surface area contributed by atoms with Crippen molar-refractivity contribution in [1.29, 1.82) is 0 Å². The molecule has 0 aliphatic rings. The number of hydrogen-bond acceptors (Lipinski definition) is 4. The molecule has 0 aromatic heterocycles. The second kappa shape index (κ2) is 6.54. The van der Waals surface area contributed by atoms with Crippen molar-refractivity contribution >= 4 is 5.91 Å². The molecule has 0 unspecified atom stereocenters. The molecule has 19 heavy (non-hydrogen) atoms. The first kappa shape index (κ1) is 15.5. The summed E-state index contributed by atoms with van der Waals surface area (Å²) in [5.41, 5.74) is 6.27. The number of aromatic hydroxyl groups is 1. The van der Waals surface area contributed by atoms with Gasteiger partial charge >= 0.3 is 0 Å². The summed E-state index contributed by atoms with van der Waals surface area (Å²) < 4.78 is 0. The van der Waals surface area contributed by atoms with Crippen molar-refractivity contribution in [3.63, 3.8) is 0 Å². The van der Waals surface area contributed by atoms with Gasteiger partial charge in [0, 0.05) is 12.1 Å². The van der Waals surface area contributed by atoms with E-state index in [0.29, 0.717) is 12.8 Å². The summed E-state index contributed by atoms with van der Waals surface area (Å²) in [4.78, 5) is 11.9. The summed E-state index contributed by atoms with van der Waals surface area (Å²) in [6.07, 6.45) is 0.881. The van der Waals surface area contributed by atoms with Crippen LogP contribution in [-0.4, -0.2) is 34.3 Å². The van der Waals surface area contributed by atoms with Crippen LogP contribution in [0.25, 0.3) is 0 Å².